The average Bonchev–Trinajstić information content (AvgIpc) is 3.30. The standard InChI is InChI=1S/C32H36FN7O2/c1-22(25-9-14-35-30(19-25)36-34)37-15-10-24(11-16-37)31(41)38-17-12-27(13-18-38)40-28-8-7-26(33)20-29(28)39(32(40)42)21-23-5-3-2-4-6-23/h2-9,14,19-20,22,24,27,36H,10-13,15-18,21H2,1H3. The first-order chi connectivity index (χ1) is 20.4. The highest BCUT2D eigenvalue weighted by molar-refractivity contribution is 5.79. The lowest BCUT2D eigenvalue weighted by Crippen LogP contribution is -2.55. The fourth-order valence-corrected chi connectivity index (χ4v) is 6.64. The van der Waals surface area contributed by atoms with Crippen molar-refractivity contribution in [1.82, 2.24) is 23.9 Å². The van der Waals surface area contributed by atoms with Crippen LogP contribution in [0, 0.1) is 11.7 Å². The number of hydrogen-bond donors (Lipinski definition) is 1. The predicted octanol–water partition coefficient (Wildman–Crippen LogP) is 3.76. The first-order valence-corrected chi connectivity index (χ1v) is 14.8. The molecule has 0 aliphatic carbocycles. The Bertz CT molecular complexity index is 1630. The Balaban J connectivity index is 1.10. The molecule has 6 rings (SSSR count). The maximum Gasteiger partial charge on any atom is 0.329 e. The molecule has 2 aromatic heterocycles. The van der Waals surface area contributed by atoms with E-state index in [-0.39, 0.29) is 35.4 Å². The summed E-state index contributed by atoms with van der Waals surface area (Å²) in [7, 11) is 0. The van der Waals surface area contributed by atoms with Gasteiger partial charge in [-0.25, -0.2) is 9.18 Å². The van der Waals surface area contributed by atoms with Crippen LogP contribution >= 0.6 is 0 Å². The fraction of sp³-hybridized carbons (Fsp3) is 0.406. The Hall–Kier alpha value is -4.18. The topological polar surface area (TPSA) is 99.6 Å². The zero-order chi connectivity index (χ0) is 29.2. The van der Waals surface area contributed by atoms with Crippen molar-refractivity contribution in [3.63, 3.8) is 0 Å². The normalized spacial score (nSPS) is 17.9. The molecule has 1 unspecified atom stereocenters. The number of amides is 1. The number of piperidine rings is 2. The van der Waals surface area contributed by atoms with E-state index in [1.54, 1.807) is 16.8 Å². The number of halogens is 1. The number of nitrogens with one attached hydrogen (secondary N) is 1. The number of likely N-dealkylation sites (tertiary alicyclic amines) is 2. The van der Waals surface area contributed by atoms with Gasteiger partial charge in [-0.1, -0.05) is 35.3 Å². The van der Waals surface area contributed by atoms with Crippen LogP contribution in [0.4, 0.5) is 10.2 Å². The number of carbonyl (C=O) groups is 1. The monoisotopic (exact) mass is 569 g/mol. The van der Waals surface area contributed by atoms with Crippen LogP contribution in [-0.2, 0) is 11.3 Å². The van der Waals surface area contributed by atoms with E-state index >= 15 is 0 Å². The minimum absolute atomic E-state index is 0.00408. The Morgan fingerprint density at radius 3 is 2.45 bits per heavy atom. The number of nitrogens with zero attached hydrogens (tertiary/aromatic N) is 6. The third-order valence-electron chi connectivity index (χ3n) is 9.06. The number of aromatic nitrogens is 3. The van der Waals surface area contributed by atoms with E-state index in [0.717, 1.165) is 42.6 Å². The molecule has 1 amide bonds. The van der Waals surface area contributed by atoms with Gasteiger partial charge in [0.2, 0.25) is 5.91 Å². The van der Waals surface area contributed by atoms with Crippen molar-refractivity contribution in [2.75, 3.05) is 26.2 Å². The molecule has 0 saturated carbocycles. The van der Waals surface area contributed by atoms with E-state index in [2.05, 4.69) is 21.9 Å². The van der Waals surface area contributed by atoms with Crippen LogP contribution in [0.1, 0.15) is 55.8 Å². The van der Waals surface area contributed by atoms with Crippen LogP contribution in [0.15, 0.2) is 71.7 Å². The molecule has 0 radical (unpaired) electrons. The summed E-state index contributed by atoms with van der Waals surface area (Å²) in [5, 5.41) is 2.11. The van der Waals surface area contributed by atoms with Crippen molar-refractivity contribution in [3.05, 3.63) is 99.8 Å². The third kappa shape index (κ3) is 5.51. The van der Waals surface area contributed by atoms with Crippen LogP contribution in [0.25, 0.3) is 16.6 Å². The van der Waals surface area contributed by atoms with Gasteiger partial charge in [0.25, 0.3) is 0 Å². The van der Waals surface area contributed by atoms with Gasteiger partial charge in [-0.3, -0.25) is 18.8 Å². The minimum atomic E-state index is -0.366. The molecule has 2 aromatic carbocycles. The second-order valence-corrected chi connectivity index (χ2v) is 11.5. The molecule has 42 heavy (non-hydrogen) atoms. The molecule has 218 valence electrons. The molecule has 0 bridgehead atoms. The van der Waals surface area contributed by atoms with Gasteiger partial charge in [-0.05, 0) is 81.1 Å². The van der Waals surface area contributed by atoms with Crippen molar-refractivity contribution in [3.8, 4) is 0 Å². The Morgan fingerprint density at radius 2 is 1.74 bits per heavy atom. The van der Waals surface area contributed by atoms with E-state index in [0.29, 0.717) is 43.8 Å². The summed E-state index contributed by atoms with van der Waals surface area (Å²) in [5.41, 5.74) is 12.4. The van der Waals surface area contributed by atoms with Crippen molar-refractivity contribution in [2.45, 2.75) is 51.2 Å². The Morgan fingerprint density at radius 1 is 1.00 bits per heavy atom. The average molecular weight is 570 g/mol. The molecule has 2 fully saturated rings. The van der Waals surface area contributed by atoms with Gasteiger partial charge >= 0.3 is 11.5 Å². The van der Waals surface area contributed by atoms with Crippen molar-refractivity contribution < 1.29 is 14.3 Å². The van der Waals surface area contributed by atoms with E-state index < -0.39 is 0 Å². The number of carbonyl (C=O) groups excluding carboxylic acids is 1. The minimum Gasteiger partial charge on any atom is -0.614 e. The molecular formula is C32H36FN7O2. The van der Waals surface area contributed by atoms with E-state index in [4.69, 9.17) is 0 Å². The molecule has 1 N–H and O–H groups in total. The number of benzene rings is 2. The number of fused-ring (bicyclic) bond motifs is 1. The summed E-state index contributed by atoms with van der Waals surface area (Å²) < 4.78 is 17.7. The summed E-state index contributed by atoms with van der Waals surface area (Å²) in [6.45, 7) is 5.37. The molecule has 4 aromatic rings. The highest BCUT2D eigenvalue weighted by Crippen LogP contribution is 2.31. The summed E-state index contributed by atoms with van der Waals surface area (Å²) in [6, 6.07) is 18.2. The van der Waals surface area contributed by atoms with Gasteiger partial charge in [0, 0.05) is 37.2 Å². The molecule has 2 aliphatic rings. The zero-order valence-electron chi connectivity index (χ0n) is 23.8. The number of imidazole rings is 1. The third-order valence-corrected chi connectivity index (χ3v) is 9.06. The largest absolute Gasteiger partial charge is 0.614 e. The van der Waals surface area contributed by atoms with Crippen molar-refractivity contribution >= 4 is 22.8 Å². The summed E-state index contributed by atoms with van der Waals surface area (Å²) in [4.78, 5) is 35.6. The molecule has 9 nitrogen and oxygen atoms in total. The summed E-state index contributed by atoms with van der Waals surface area (Å²) >= 11 is 0. The van der Waals surface area contributed by atoms with Gasteiger partial charge in [0.15, 0.2) is 0 Å². The van der Waals surface area contributed by atoms with E-state index in [1.807, 2.05) is 51.9 Å². The van der Waals surface area contributed by atoms with Crippen LogP contribution in [0.3, 0.4) is 0 Å². The Kier molecular flexibility index (Phi) is 7.97. The number of pyridine rings is 1. The van der Waals surface area contributed by atoms with Gasteiger partial charge < -0.3 is 15.5 Å². The Labute approximate surface area is 244 Å². The highest BCUT2D eigenvalue weighted by Gasteiger charge is 2.33. The zero-order valence-corrected chi connectivity index (χ0v) is 23.8. The van der Waals surface area contributed by atoms with E-state index in [9.17, 15) is 19.5 Å². The smallest absolute Gasteiger partial charge is 0.329 e. The lowest BCUT2D eigenvalue weighted by atomic mass is 9.92. The predicted molar refractivity (Wildman–Crippen MR) is 157 cm³/mol. The maximum absolute atomic E-state index is 14.3. The summed E-state index contributed by atoms with van der Waals surface area (Å²) in [5.74, 6) is 0.256. The lowest BCUT2D eigenvalue weighted by molar-refractivity contribution is -0.384. The van der Waals surface area contributed by atoms with Gasteiger partial charge in [0.1, 0.15) is 12.0 Å². The van der Waals surface area contributed by atoms with Crippen LogP contribution in [0.2, 0.25) is 0 Å². The summed E-state index contributed by atoms with van der Waals surface area (Å²) in [6.07, 6.45) is 4.66. The SMILES string of the molecule is CC(c1ccnc([NH+]=[N-])c1)N1CCC(C(=O)N2CCC(n3c(=O)n(Cc4ccccc4)c4cc(F)ccc43)CC2)CC1. The van der Waals surface area contributed by atoms with Crippen LogP contribution in [-0.4, -0.2) is 56.0 Å². The number of rotatable bonds is 7. The molecule has 2 saturated heterocycles. The van der Waals surface area contributed by atoms with E-state index in [1.165, 1.54) is 12.1 Å². The molecule has 10 heteroatoms. The number of hydrogen-bond acceptors (Lipinski definition) is 4. The molecule has 2 aliphatic heterocycles. The maximum atomic E-state index is 14.3. The van der Waals surface area contributed by atoms with Gasteiger partial charge in [0.05, 0.1) is 17.6 Å². The molecule has 4 heterocycles. The molecule has 0 spiro atoms. The van der Waals surface area contributed by atoms with Crippen LogP contribution < -0.4 is 10.8 Å². The molecule has 1 atom stereocenters. The molecular weight excluding hydrogens is 533 g/mol. The fourth-order valence-electron chi connectivity index (χ4n) is 6.64. The second-order valence-electron chi connectivity index (χ2n) is 11.5. The lowest BCUT2D eigenvalue weighted by Gasteiger charge is -2.39. The van der Waals surface area contributed by atoms with Gasteiger partial charge in [-0.15, -0.1) is 0 Å². The first-order valence-electron chi connectivity index (χ1n) is 14.8. The first kappa shape index (κ1) is 28.0. The highest BCUT2D eigenvalue weighted by atomic mass is 19.1. The quantitative estimate of drug-likeness (QED) is 0.343. The van der Waals surface area contributed by atoms with Crippen molar-refractivity contribution in [1.29, 1.82) is 0 Å². The van der Waals surface area contributed by atoms with Crippen LogP contribution in [0.5, 0.6) is 0 Å². The van der Waals surface area contributed by atoms with Crippen molar-refractivity contribution in [2.24, 2.45) is 5.92 Å². The van der Waals surface area contributed by atoms with Gasteiger partial charge in [-0.2, -0.15) is 0 Å². The second kappa shape index (κ2) is 12.0.